The average Bonchev–Trinajstić information content (AvgIpc) is 2.84. The quantitative estimate of drug-likeness (QED) is 0.810. The molecule has 21 heavy (non-hydrogen) atoms. The van der Waals surface area contributed by atoms with Crippen LogP contribution in [0.4, 0.5) is 5.82 Å². The largest absolute Gasteiger partial charge is 0.351 e. The standard InChI is InChI=1S/C15H23N5S/c1-10-11(2)21-9-8-19(10)13-7-6-12-16-17-14(15(3,4)5)20(12)18-13/h6-7,10-11H,8-9H2,1-5H3. The number of nitrogens with zero attached hydrogens (tertiary/aromatic N) is 5. The molecule has 1 fully saturated rings. The Morgan fingerprint density at radius 3 is 2.67 bits per heavy atom. The van der Waals surface area contributed by atoms with E-state index in [0.29, 0.717) is 11.3 Å². The van der Waals surface area contributed by atoms with Gasteiger partial charge in [-0.15, -0.1) is 15.3 Å². The van der Waals surface area contributed by atoms with Crippen LogP contribution in [0.1, 0.15) is 40.4 Å². The third-order valence-corrected chi connectivity index (χ3v) is 5.44. The molecule has 1 saturated heterocycles. The van der Waals surface area contributed by atoms with Gasteiger partial charge in [-0.2, -0.15) is 16.3 Å². The van der Waals surface area contributed by atoms with Gasteiger partial charge < -0.3 is 4.90 Å². The molecule has 0 aromatic carbocycles. The Kier molecular flexibility index (Phi) is 3.59. The molecule has 114 valence electrons. The first-order chi connectivity index (χ1) is 9.88. The second-order valence-corrected chi connectivity index (χ2v) is 8.23. The molecule has 0 N–H and O–H groups in total. The maximum atomic E-state index is 4.82. The summed E-state index contributed by atoms with van der Waals surface area (Å²) in [4.78, 5) is 2.40. The van der Waals surface area contributed by atoms with Gasteiger partial charge in [0.15, 0.2) is 11.5 Å². The Bertz CT molecular complexity index is 645. The van der Waals surface area contributed by atoms with Crippen LogP contribution in [0.15, 0.2) is 12.1 Å². The van der Waals surface area contributed by atoms with Crippen molar-refractivity contribution < 1.29 is 0 Å². The van der Waals surface area contributed by atoms with Crippen LogP contribution in [0.25, 0.3) is 5.65 Å². The molecule has 3 heterocycles. The van der Waals surface area contributed by atoms with Gasteiger partial charge in [0.1, 0.15) is 5.82 Å². The fourth-order valence-corrected chi connectivity index (χ4v) is 3.76. The average molecular weight is 305 g/mol. The highest BCUT2D eigenvalue weighted by Crippen LogP contribution is 2.28. The van der Waals surface area contributed by atoms with E-state index in [1.807, 2.05) is 22.3 Å². The summed E-state index contributed by atoms with van der Waals surface area (Å²) in [6, 6.07) is 4.57. The summed E-state index contributed by atoms with van der Waals surface area (Å²) in [5, 5.41) is 14.0. The van der Waals surface area contributed by atoms with Crippen LogP contribution >= 0.6 is 11.8 Å². The van der Waals surface area contributed by atoms with Gasteiger partial charge in [-0.1, -0.05) is 27.7 Å². The fourth-order valence-electron chi connectivity index (χ4n) is 2.66. The van der Waals surface area contributed by atoms with Gasteiger partial charge in [-0.25, -0.2) is 0 Å². The lowest BCUT2D eigenvalue weighted by molar-refractivity contribution is 0.524. The lowest BCUT2D eigenvalue weighted by Crippen LogP contribution is -2.45. The molecule has 0 spiro atoms. The summed E-state index contributed by atoms with van der Waals surface area (Å²) in [6.45, 7) is 12.0. The number of hydrogen-bond donors (Lipinski definition) is 0. The van der Waals surface area contributed by atoms with Crippen molar-refractivity contribution in [1.29, 1.82) is 0 Å². The Morgan fingerprint density at radius 1 is 1.19 bits per heavy atom. The van der Waals surface area contributed by atoms with E-state index in [-0.39, 0.29) is 5.41 Å². The second-order valence-electron chi connectivity index (χ2n) is 6.75. The van der Waals surface area contributed by atoms with E-state index in [1.54, 1.807) is 0 Å². The lowest BCUT2D eigenvalue weighted by Gasteiger charge is -2.38. The monoisotopic (exact) mass is 305 g/mol. The first-order valence-corrected chi connectivity index (χ1v) is 8.54. The molecule has 2 atom stereocenters. The number of rotatable bonds is 1. The van der Waals surface area contributed by atoms with Crippen molar-refractivity contribution >= 4 is 23.2 Å². The van der Waals surface area contributed by atoms with Crippen molar-refractivity contribution in [3.05, 3.63) is 18.0 Å². The maximum Gasteiger partial charge on any atom is 0.178 e. The zero-order valence-corrected chi connectivity index (χ0v) is 14.2. The number of anilines is 1. The Balaban J connectivity index is 2.04. The van der Waals surface area contributed by atoms with Crippen molar-refractivity contribution in [2.75, 3.05) is 17.2 Å². The summed E-state index contributed by atoms with van der Waals surface area (Å²) in [7, 11) is 0. The van der Waals surface area contributed by atoms with Gasteiger partial charge in [-0.3, -0.25) is 0 Å². The van der Waals surface area contributed by atoms with Crippen molar-refractivity contribution in [1.82, 2.24) is 19.8 Å². The highest BCUT2D eigenvalue weighted by atomic mass is 32.2. The molecule has 0 amide bonds. The van der Waals surface area contributed by atoms with Crippen LogP contribution in [-0.4, -0.2) is 43.4 Å². The zero-order chi connectivity index (χ0) is 15.2. The molecule has 2 aromatic heterocycles. The third-order valence-electron chi connectivity index (χ3n) is 4.10. The first-order valence-electron chi connectivity index (χ1n) is 7.49. The molecule has 2 aromatic rings. The van der Waals surface area contributed by atoms with E-state index >= 15 is 0 Å². The van der Waals surface area contributed by atoms with Gasteiger partial charge in [0.2, 0.25) is 0 Å². The second kappa shape index (κ2) is 5.16. The SMILES string of the molecule is CC1SCCN(c2ccc3nnc(C(C)(C)C)n3n2)C1C. The Hall–Kier alpha value is -1.30. The maximum absolute atomic E-state index is 4.82. The van der Waals surface area contributed by atoms with Gasteiger partial charge in [0, 0.05) is 29.0 Å². The van der Waals surface area contributed by atoms with Crippen molar-refractivity contribution in [3.63, 3.8) is 0 Å². The molecule has 0 bridgehead atoms. The number of hydrogen-bond acceptors (Lipinski definition) is 5. The van der Waals surface area contributed by atoms with Crippen LogP contribution in [0.2, 0.25) is 0 Å². The zero-order valence-electron chi connectivity index (χ0n) is 13.4. The molecular formula is C15H23N5S. The molecule has 0 radical (unpaired) electrons. The Labute approximate surface area is 130 Å². The minimum atomic E-state index is -0.0678. The predicted octanol–water partition coefficient (Wildman–Crippen LogP) is 2.75. The minimum absolute atomic E-state index is 0.0678. The first kappa shape index (κ1) is 14.6. The fraction of sp³-hybridized carbons (Fsp3) is 0.667. The minimum Gasteiger partial charge on any atom is -0.351 e. The molecule has 2 unspecified atom stereocenters. The molecule has 0 saturated carbocycles. The molecule has 5 nitrogen and oxygen atoms in total. The van der Waals surface area contributed by atoms with E-state index in [9.17, 15) is 0 Å². The summed E-state index contributed by atoms with van der Waals surface area (Å²) < 4.78 is 1.90. The van der Waals surface area contributed by atoms with E-state index in [0.717, 1.165) is 29.6 Å². The highest BCUT2D eigenvalue weighted by Gasteiger charge is 2.27. The van der Waals surface area contributed by atoms with Gasteiger partial charge in [0.05, 0.1) is 0 Å². The van der Waals surface area contributed by atoms with Crippen LogP contribution in [0, 0.1) is 0 Å². The van der Waals surface area contributed by atoms with Crippen LogP contribution in [-0.2, 0) is 5.41 Å². The van der Waals surface area contributed by atoms with E-state index in [1.165, 1.54) is 0 Å². The molecular weight excluding hydrogens is 282 g/mol. The van der Waals surface area contributed by atoms with Crippen molar-refractivity contribution in [2.24, 2.45) is 0 Å². The van der Waals surface area contributed by atoms with Crippen molar-refractivity contribution in [3.8, 4) is 0 Å². The number of aromatic nitrogens is 4. The number of fused-ring (bicyclic) bond motifs is 1. The van der Waals surface area contributed by atoms with Crippen molar-refractivity contribution in [2.45, 2.75) is 51.3 Å². The summed E-state index contributed by atoms with van der Waals surface area (Å²) in [6.07, 6.45) is 0. The Morgan fingerprint density at radius 2 is 1.95 bits per heavy atom. The number of thioether (sulfide) groups is 1. The summed E-state index contributed by atoms with van der Waals surface area (Å²) in [5.41, 5.74) is 0.748. The highest BCUT2D eigenvalue weighted by molar-refractivity contribution is 8.00. The third kappa shape index (κ3) is 2.61. The smallest absolute Gasteiger partial charge is 0.178 e. The predicted molar refractivity (Wildman–Crippen MR) is 88.2 cm³/mol. The normalized spacial score (nSPS) is 23.8. The molecule has 6 heteroatoms. The van der Waals surface area contributed by atoms with Crippen LogP contribution < -0.4 is 4.90 Å². The lowest BCUT2D eigenvalue weighted by atomic mass is 9.96. The topological polar surface area (TPSA) is 46.3 Å². The van der Waals surface area contributed by atoms with Gasteiger partial charge in [-0.05, 0) is 19.1 Å². The summed E-state index contributed by atoms with van der Waals surface area (Å²) in [5.74, 6) is 3.08. The van der Waals surface area contributed by atoms with Crippen LogP contribution in [0.5, 0.6) is 0 Å². The van der Waals surface area contributed by atoms with Crippen LogP contribution in [0.3, 0.4) is 0 Å². The van der Waals surface area contributed by atoms with E-state index < -0.39 is 0 Å². The molecule has 1 aliphatic rings. The van der Waals surface area contributed by atoms with Gasteiger partial charge in [0.25, 0.3) is 0 Å². The van der Waals surface area contributed by atoms with E-state index in [4.69, 9.17) is 5.10 Å². The molecule has 0 aliphatic carbocycles. The molecule has 3 rings (SSSR count). The van der Waals surface area contributed by atoms with E-state index in [2.05, 4.69) is 55.8 Å². The van der Waals surface area contributed by atoms with Gasteiger partial charge >= 0.3 is 0 Å². The summed E-state index contributed by atoms with van der Waals surface area (Å²) >= 11 is 2.04. The molecule has 1 aliphatic heterocycles.